The van der Waals surface area contributed by atoms with Crippen LogP contribution in [0.5, 0.6) is 0 Å². The number of allylic oxidation sites excluding steroid dienone is 2. The molecule has 0 saturated carbocycles. The summed E-state index contributed by atoms with van der Waals surface area (Å²) in [6, 6.07) is 2.60. The molecule has 0 bridgehead atoms. The molecule has 0 fully saturated rings. The summed E-state index contributed by atoms with van der Waals surface area (Å²) in [5.41, 5.74) is -2.76. The molecule has 0 nitrogen and oxygen atoms in total. The molecule has 0 aliphatic heterocycles. The van der Waals surface area contributed by atoms with Crippen molar-refractivity contribution in [1.82, 2.24) is 0 Å². The summed E-state index contributed by atoms with van der Waals surface area (Å²) in [7, 11) is 0. The molecule has 0 aromatic carbocycles. The van der Waals surface area contributed by atoms with E-state index in [1.165, 1.54) is 19.9 Å². The van der Waals surface area contributed by atoms with Crippen molar-refractivity contribution in [2.75, 3.05) is 0 Å². The second-order valence-corrected chi connectivity index (χ2v) is 8.58. The highest BCUT2D eigenvalue weighted by Crippen LogP contribution is 2.66. The molecule has 1 aliphatic carbocycles. The van der Waals surface area contributed by atoms with Crippen molar-refractivity contribution in [3.05, 3.63) is 42.8 Å². The normalized spacial score (nSPS) is 20.5. The molecule has 2 aromatic rings. The van der Waals surface area contributed by atoms with Crippen molar-refractivity contribution >= 4 is 33.8 Å². The molecule has 0 unspecified atom stereocenters. The molecule has 1 aliphatic rings. The summed E-state index contributed by atoms with van der Waals surface area (Å²) in [5.74, 6) is -13.4. The zero-order chi connectivity index (χ0) is 19.7. The Kier molecular flexibility index (Phi) is 4.13. The van der Waals surface area contributed by atoms with E-state index < -0.39 is 28.9 Å². The fourth-order valence-corrected chi connectivity index (χ4v) is 5.02. The summed E-state index contributed by atoms with van der Waals surface area (Å²) in [6.07, 6.45) is 5.24. The molecule has 2 aromatic heterocycles. The fraction of sp³-hybridized carbons (Fsp3) is 0.333. The van der Waals surface area contributed by atoms with Gasteiger partial charge in [0.05, 0.1) is 10.5 Å². The van der Waals surface area contributed by atoms with E-state index in [9.17, 15) is 26.3 Å². The third kappa shape index (κ3) is 2.30. The van der Waals surface area contributed by atoms with Gasteiger partial charge < -0.3 is 0 Å². The average Bonchev–Trinajstić information content (AvgIpc) is 3.07. The van der Waals surface area contributed by atoms with E-state index >= 15 is 0 Å². The summed E-state index contributed by atoms with van der Waals surface area (Å²) >= 11 is 1.71. The largest absolute Gasteiger partial charge is 0.380 e. The van der Waals surface area contributed by atoms with Gasteiger partial charge in [-0.25, -0.2) is 0 Å². The highest BCUT2D eigenvalue weighted by atomic mass is 32.1. The zero-order valence-electron chi connectivity index (χ0n) is 13.8. The lowest BCUT2D eigenvalue weighted by molar-refractivity contribution is -0.254. The van der Waals surface area contributed by atoms with E-state index in [0.717, 1.165) is 28.7 Å². The molecule has 26 heavy (non-hydrogen) atoms. The van der Waals surface area contributed by atoms with Gasteiger partial charge in [0.15, 0.2) is 0 Å². The maximum atomic E-state index is 14.6. The maximum Gasteiger partial charge on any atom is 0.380 e. The Bertz CT molecular complexity index is 968. The second-order valence-electron chi connectivity index (χ2n) is 6.07. The summed E-state index contributed by atoms with van der Waals surface area (Å²) in [5, 5.41) is 0. The minimum atomic E-state index is -5.54. The van der Waals surface area contributed by atoms with Gasteiger partial charge in [0.1, 0.15) is 0 Å². The van der Waals surface area contributed by atoms with Gasteiger partial charge in [0.25, 0.3) is 0 Å². The molecular weight excluding hydrogens is 394 g/mol. The van der Waals surface area contributed by atoms with Crippen molar-refractivity contribution in [2.45, 2.75) is 38.5 Å². The van der Waals surface area contributed by atoms with Gasteiger partial charge in [-0.05, 0) is 44.0 Å². The lowest BCUT2D eigenvalue weighted by Gasteiger charge is -2.25. The van der Waals surface area contributed by atoms with Crippen LogP contribution in [0.15, 0.2) is 12.1 Å². The van der Waals surface area contributed by atoms with Gasteiger partial charge in [-0.2, -0.15) is 26.3 Å². The predicted octanol–water partition coefficient (Wildman–Crippen LogP) is 6.55. The Balaban J connectivity index is 2.46. The molecule has 0 atom stereocenters. The predicted molar refractivity (Wildman–Crippen MR) is 92.4 cm³/mol. The number of terminal acetylenes is 1. The van der Waals surface area contributed by atoms with Crippen molar-refractivity contribution in [1.29, 1.82) is 0 Å². The van der Waals surface area contributed by atoms with Crippen LogP contribution in [0, 0.1) is 33.1 Å². The zero-order valence-corrected chi connectivity index (χ0v) is 15.4. The number of halogens is 6. The molecule has 0 amide bonds. The van der Waals surface area contributed by atoms with Crippen LogP contribution in [0.2, 0.25) is 0 Å². The van der Waals surface area contributed by atoms with Gasteiger partial charge in [-0.1, -0.05) is 5.92 Å². The Hall–Kier alpha value is -1.72. The first-order valence-electron chi connectivity index (χ1n) is 7.39. The lowest BCUT2D eigenvalue weighted by atomic mass is 9.97. The minimum absolute atomic E-state index is 0.185. The number of alkyl halides is 6. The van der Waals surface area contributed by atoms with Crippen LogP contribution >= 0.6 is 22.7 Å². The van der Waals surface area contributed by atoms with Crippen LogP contribution in [0.25, 0.3) is 11.1 Å². The Morgan fingerprint density at radius 1 is 0.885 bits per heavy atom. The Morgan fingerprint density at radius 3 is 1.92 bits per heavy atom. The van der Waals surface area contributed by atoms with Crippen molar-refractivity contribution in [2.24, 2.45) is 0 Å². The van der Waals surface area contributed by atoms with Gasteiger partial charge in [-0.15, -0.1) is 29.1 Å². The van der Waals surface area contributed by atoms with E-state index in [2.05, 4.69) is 5.92 Å². The van der Waals surface area contributed by atoms with Crippen LogP contribution in [0.4, 0.5) is 26.3 Å². The number of aryl methyl sites for hydroxylation is 3. The first-order valence-corrected chi connectivity index (χ1v) is 9.03. The van der Waals surface area contributed by atoms with E-state index in [4.69, 9.17) is 6.42 Å². The minimum Gasteiger partial charge on any atom is -0.194 e. The third-order valence-electron chi connectivity index (χ3n) is 4.26. The molecule has 2 heterocycles. The van der Waals surface area contributed by atoms with Gasteiger partial charge in [0, 0.05) is 20.2 Å². The summed E-state index contributed by atoms with van der Waals surface area (Å²) in [4.78, 5) is 0.694. The standard InChI is InChI=1S/C18H12F6S2/c1-5-11-7-12(10(4)26-11)13-14(15-8(2)6-9(3)25-15)17(21,22)18(23,24)16(13,19)20/h1,6-7H,2-4H3. The van der Waals surface area contributed by atoms with Gasteiger partial charge in [-0.3, -0.25) is 0 Å². The van der Waals surface area contributed by atoms with Gasteiger partial charge >= 0.3 is 17.8 Å². The highest BCUT2D eigenvalue weighted by molar-refractivity contribution is 7.13. The van der Waals surface area contributed by atoms with Crippen LogP contribution in [-0.2, 0) is 0 Å². The smallest absolute Gasteiger partial charge is 0.194 e. The van der Waals surface area contributed by atoms with Crippen LogP contribution in [0.1, 0.15) is 30.6 Å². The topological polar surface area (TPSA) is 0 Å². The van der Waals surface area contributed by atoms with Crippen molar-refractivity contribution in [3.63, 3.8) is 0 Å². The third-order valence-corrected chi connectivity index (χ3v) is 6.42. The monoisotopic (exact) mass is 406 g/mol. The number of thiophene rings is 2. The Labute approximate surface area is 154 Å². The van der Waals surface area contributed by atoms with Crippen molar-refractivity contribution in [3.8, 4) is 12.3 Å². The van der Waals surface area contributed by atoms with Gasteiger partial charge in [0.2, 0.25) is 0 Å². The molecule has 0 saturated heterocycles. The molecule has 3 rings (SSSR count). The second kappa shape index (κ2) is 5.64. The van der Waals surface area contributed by atoms with Crippen LogP contribution < -0.4 is 0 Å². The molecule has 0 N–H and O–H groups in total. The summed E-state index contributed by atoms with van der Waals surface area (Å²) in [6.45, 7) is 4.42. The Morgan fingerprint density at radius 2 is 1.46 bits per heavy atom. The van der Waals surface area contributed by atoms with Crippen molar-refractivity contribution < 1.29 is 26.3 Å². The van der Waals surface area contributed by atoms with Crippen LogP contribution in [0.3, 0.4) is 0 Å². The van der Waals surface area contributed by atoms with Crippen LogP contribution in [-0.4, -0.2) is 17.8 Å². The van der Waals surface area contributed by atoms with E-state index in [1.54, 1.807) is 6.92 Å². The fourth-order valence-electron chi connectivity index (χ4n) is 3.08. The molecule has 138 valence electrons. The quantitative estimate of drug-likeness (QED) is 0.392. The first-order chi connectivity index (χ1) is 11.9. The molecular formula is C18H12F6S2. The lowest BCUT2D eigenvalue weighted by Crippen LogP contribution is -2.48. The highest BCUT2D eigenvalue weighted by Gasteiger charge is 2.80. The SMILES string of the molecule is C#Cc1cc(C2=C(c3sc(C)cc3C)C(F)(F)C(F)(F)C2(F)F)c(C)s1. The van der Waals surface area contributed by atoms with E-state index in [0.29, 0.717) is 4.88 Å². The average molecular weight is 406 g/mol. The number of hydrogen-bond donors (Lipinski definition) is 0. The number of hydrogen-bond acceptors (Lipinski definition) is 2. The maximum absolute atomic E-state index is 14.6. The molecule has 0 radical (unpaired) electrons. The van der Waals surface area contributed by atoms with E-state index in [1.807, 2.05) is 0 Å². The molecule has 0 spiro atoms. The first kappa shape index (κ1) is 19.1. The van der Waals surface area contributed by atoms with E-state index in [-0.39, 0.29) is 25.8 Å². The summed E-state index contributed by atoms with van der Waals surface area (Å²) < 4.78 is 86.7. The molecule has 8 heteroatoms. The number of rotatable bonds is 2.